The molecular weight excluding hydrogens is 448 g/mol. The van der Waals surface area contributed by atoms with E-state index in [-0.39, 0.29) is 29.2 Å². The Morgan fingerprint density at radius 3 is 2.51 bits per heavy atom. The van der Waals surface area contributed by atoms with Crippen LogP contribution >= 0.6 is 0 Å². The molecule has 3 amide bonds. The van der Waals surface area contributed by atoms with Crippen LogP contribution in [0.15, 0.2) is 10.6 Å². The Bertz CT molecular complexity index is 883. The number of aromatic nitrogens is 1. The van der Waals surface area contributed by atoms with Gasteiger partial charge in [0.15, 0.2) is 5.82 Å². The number of likely N-dealkylation sites (tertiary alicyclic amines) is 1. The molecule has 2 heterocycles. The van der Waals surface area contributed by atoms with Crippen LogP contribution in [0.3, 0.4) is 0 Å². The number of anilines is 1. The molecule has 1 aliphatic heterocycles. The number of rotatable bonds is 8. The lowest BCUT2D eigenvalue weighted by molar-refractivity contribution is -0.158. The first-order valence-corrected chi connectivity index (χ1v) is 13.1. The number of nitrogens with zero attached hydrogens (tertiary/aromatic N) is 3. The predicted octanol–water partition coefficient (Wildman–Crippen LogP) is 4.36. The maximum Gasteiger partial charge on any atom is 0.248 e. The molecular formula is C26H42N4O5. The van der Waals surface area contributed by atoms with Crippen LogP contribution in [0.25, 0.3) is 0 Å². The highest BCUT2D eigenvalue weighted by molar-refractivity contribution is 5.97. The standard InChI is InChI=1S/C24H36N4O5.C2H6/c1-23(2,3)19-11-20(26-33-19)25-21(30)18-12-24(8-9-24)14-28(18)22(31)17(13-27(32)15-29)10-16-6-4-5-7-16;1-2/h11,15-18,32H,4-10,12-14H2,1-3H3,(H,25,26,30);1-2H3. The van der Waals surface area contributed by atoms with Crippen molar-refractivity contribution in [2.75, 3.05) is 18.4 Å². The minimum absolute atomic E-state index is 0.0134. The average molecular weight is 491 g/mol. The van der Waals surface area contributed by atoms with Gasteiger partial charge in [-0.25, -0.2) is 5.06 Å². The second-order valence-corrected chi connectivity index (χ2v) is 11.3. The summed E-state index contributed by atoms with van der Waals surface area (Å²) < 4.78 is 5.38. The molecule has 0 bridgehead atoms. The lowest BCUT2D eigenvalue weighted by Gasteiger charge is -2.30. The molecule has 35 heavy (non-hydrogen) atoms. The van der Waals surface area contributed by atoms with Gasteiger partial charge in [0.1, 0.15) is 11.8 Å². The van der Waals surface area contributed by atoms with Gasteiger partial charge in [0.25, 0.3) is 0 Å². The zero-order valence-electron chi connectivity index (χ0n) is 21.9. The monoisotopic (exact) mass is 490 g/mol. The fraction of sp³-hybridized carbons (Fsp3) is 0.769. The van der Waals surface area contributed by atoms with Crippen molar-refractivity contribution in [3.05, 3.63) is 11.8 Å². The van der Waals surface area contributed by atoms with Crippen molar-refractivity contribution < 1.29 is 24.1 Å². The van der Waals surface area contributed by atoms with E-state index in [1.807, 2.05) is 34.6 Å². The Hall–Kier alpha value is -2.42. The molecule has 1 aromatic rings. The molecule has 1 aromatic heterocycles. The average Bonchev–Trinajstić information content (AvgIpc) is 3.22. The lowest BCUT2D eigenvalue weighted by Crippen LogP contribution is -2.48. The van der Waals surface area contributed by atoms with Crippen molar-refractivity contribution in [3.8, 4) is 0 Å². The molecule has 4 rings (SSSR count). The van der Waals surface area contributed by atoms with Gasteiger partial charge in [-0.2, -0.15) is 0 Å². The SMILES string of the molecule is CC.CC(C)(C)c1cc(NC(=O)C2CC3(CC3)CN2C(=O)C(CC2CCCC2)CN(O)C=O)no1. The van der Waals surface area contributed by atoms with Crippen molar-refractivity contribution in [2.45, 2.75) is 97.4 Å². The van der Waals surface area contributed by atoms with E-state index in [1.54, 1.807) is 11.0 Å². The molecule has 2 N–H and O–H groups in total. The molecule has 9 heteroatoms. The first-order chi connectivity index (χ1) is 16.6. The van der Waals surface area contributed by atoms with Gasteiger partial charge in [0, 0.05) is 18.0 Å². The Morgan fingerprint density at radius 1 is 1.31 bits per heavy atom. The molecule has 2 atom stereocenters. The lowest BCUT2D eigenvalue weighted by atomic mass is 9.91. The third-order valence-corrected chi connectivity index (χ3v) is 7.52. The first-order valence-electron chi connectivity index (χ1n) is 13.1. The van der Waals surface area contributed by atoms with Crippen LogP contribution < -0.4 is 5.32 Å². The summed E-state index contributed by atoms with van der Waals surface area (Å²) in [6, 6.07) is 1.13. The van der Waals surface area contributed by atoms with Gasteiger partial charge in [-0.1, -0.05) is 65.5 Å². The highest BCUT2D eigenvalue weighted by atomic mass is 16.5. The Labute approximate surface area is 208 Å². The summed E-state index contributed by atoms with van der Waals surface area (Å²) in [6.07, 6.45) is 8.02. The van der Waals surface area contributed by atoms with E-state index in [4.69, 9.17) is 4.52 Å². The molecule has 196 valence electrons. The van der Waals surface area contributed by atoms with Crippen LogP contribution in [0.5, 0.6) is 0 Å². The molecule has 2 aliphatic carbocycles. The van der Waals surface area contributed by atoms with Gasteiger partial charge in [0.05, 0.1) is 12.5 Å². The van der Waals surface area contributed by atoms with E-state index in [0.29, 0.717) is 48.4 Å². The molecule has 3 fully saturated rings. The fourth-order valence-electron chi connectivity index (χ4n) is 5.36. The molecule has 1 spiro atoms. The summed E-state index contributed by atoms with van der Waals surface area (Å²) in [5.74, 6) is 0.490. The van der Waals surface area contributed by atoms with Crippen LogP contribution in [0.4, 0.5) is 5.82 Å². The Morgan fingerprint density at radius 2 is 1.97 bits per heavy atom. The van der Waals surface area contributed by atoms with E-state index in [9.17, 15) is 19.6 Å². The summed E-state index contributed by atoms with van der Waals surface area (Å²) in [6.45, 7) is 10.5. The number of nitrogens with one attached hydrogen (secondary N) is 1. The molecule has 2 saturated carbocycles. The van der Waals surface area contributed by atoms with Gasteiger partial charge in [-0.05, 0) is 37.0 Å². The highest BCUT2D eigenvalue weighted by Crippen LogP contribution is 2.55. The quantitative estimate of drug-likeness (QED) is 0.318. The third-order valence-electron chi connectivity index (χ3n) is 7.52. The maximum atomic E-state index is 13.7. The van der Waals surface area contributed by atoms with Gasteiger partial charge in [0.2, 0.25) is 18.2 Å². The molecule has 9 nitrogen and oxygen atoms in total. The van der Waals surface area contributed by atoms with Gasteiger partial charge in [-0.15, -0.1) is 0 Å². The van der Waals surface area contributed by atoms with Crippen LogP contribution in [0, 0.1) is 17.3 Å². The van der Waals surface area contributed by atoms with Crippen LogP contribution in [0.1, 0.15) is 91.7 Å². The van der Waals surface area contributed by atoms with Gasteiger partial charge >= 0.3 is 0 Å². The van der Waals surface area contributed by atoms with E-state index in [1.165, 1.54) is 0 Å². The minimum Gasteiger partial charge on any atom is -0.359 e. The Balaban J connectivity index is 0.00000167. The summed E-state index contributed by atoms with van der Waals surface area (Å²) in [5.41, 5.74) is -0.217. The second-order valence-electron chi connectivity index (χ2n) is 11.3. The molecule has 3 aliphatic rings. The summed E-state index contributed by atoms with van der Waals surface area (Å²) in [5, 5.41) is 17.2. The first kappa shape index (κ1) is 27.2. The summed E-state index contributed by atoms with van der Waals surface area (Å²) in [4.78, 5) is 39.6. The van der Waals surface area contributed by atoms with Crippen molar-refractivity contribution in [3.63, 3.8) is 0 Å². The van der Waals surface area contributed by atoms with E-state index in [0.717, 1.165) is 38.5 Å². The van der Waals surface area contributed by atoms with E-state index < -0.39 is 12.0 Å². The number of amides is 3. The van der Waals surface area contributed by atoms with Crippen LogP contribution in [0.2, 0.25) is 0 Å². The molecule has 0 radical (unpaired) electrons. The normalized spacial score (nSPS) is 21.9. The van der Waals surface area contributed by atoms with Crippen molar-refractivity contribution in [1.82, 2.24) is 15.1 Å². The summed E-state index contributed by atoms with van der Waals surface area (Å²) >= 11 is 0. The second kappa shape index (κ2) is 11.1. The topological polar surface area (TPSA) is 116 Å². The van der Waals surface area contributed by atoms with Crippen LogP contribution in [-0.2, 0) is 19.8 Å². The third kappa shape index (κ3) is 6.63. The molecule has 2 unspecified atom stereocenters. The maximum absolute atomic E-state index is 13.7. The van der Waals surface area contributed by atoms with Crippen LogP contribution in [-0.4, -0.2) is 57.7 Å². The minimum atomic E-state index is -0.593. The molecule has 0 aromatic carbocycles. The van der Waals surface area contributed by atoms with E-state index >= 15 is 0 Å². The highest BCUT2D eigenvalue weighted by Gasteiger charge is 2.56. The number of hydroxylamine groups is 2. The number of hydrogen-bond acceptors (Lipinski definition) is 6. The number of carbonyl (C=O) groups excluding carboxylic acids is 3. The number of carbonyl (C=O) groups is 3. The number of hydrogen-bond donors (Lipinski definition) is 2. The largest absolute Gasteiger partial charge is 0.359 e. The van der Waals surface area contributed by atoms with Gasteiger partial charge in [-0.3, -0.25) is 19.6 Å². The zero-order chi connectivity index (χ0) is 25.8. The predicted molar refractivity (Wildman–Crippen MR) is 132 cm³/mol. The zero-order valence-corrected chi connectivity index (χ0v) is 21.9. The van der Waals surface area contributed by atoms with Crippen molar-refractivity contribution in [2.24, 2.45) is 17.3 Å². The Kier molecular flexibility index (Phi) is 8.62. The fourth-order valence-corrected chi connectivity index (χ4v) is 5.36. The van der Waals surface area contributed by atoms with Crippen molar-refractivity contribution >= 4 is 24.0 Å². The van der Waals surface area contributed by atoms with Gasteiger partial charge < -0.3 is 14.7 Å². The van der Waals surface area contributed by atoms with Crippen molar-refractivity contribution in [1.29, 1.82) is 0 Å². The summed E-state index contributed by atoms with van der Waals surface area (Å²) in [7, 11) is 0. The molecule has 1 saturated heterocycles. The smallest absolute Gasteiger partial charge is 0.248 e. The van der Waals surface area contributed by atoms with E-state index in [2.05, 4.69) is 10.5 Å².